The molecule has 23 heavy (non-hydrogen) atoms. The van der Waals surface area contributed by atoms with E-state index in [-0.39, 0.29) is 24.9 Å². The number of nitrogens with zero attached hydrogens (tertiary/aromatic N) is 1. The van der Waals surface area contributed by atoms with Gasteiger partial charge in [-0.1, -0.05) is 6.92 Å². The minimum absolute atomic E-state index is 0.00183. The maximum absolute atomic E-state index is 5.77. The zero-order valence-corrected chi connectivity index (χ0v) is 14.2. The van der Waals surface area contributed by atoms with E-state index in [1.54, 1.807) is 14.2 Å². The maximum atomic E-state index is 5.77. The van der Waals surface area contributed by atoms with Crippen LogP contribution in [0.25, 0.3) is 0 Å². The van der Waals surface area contributed by atoms with Gasteiger partial charge in [-0.2, -0.15) is 0 Å². The summed E-state index contributed by atoms with van der Waals surface area (Å²) in [6, 6.07) is 7.56. The van der Waals surface area contributed by atoms with Crippen LogP contribution in [0.15, 0.2) is 29.3 Å². The van der Waals surface area contributed by atoms with Crippen LogP contribution < -0.4 is 4.74 Å². The number of aliphatic imine (C=N–C) groups is 1. The van der Waals surface area contributed by atoms with Gasteiger partial charge in [0.25, 0.3) is 0 Å². The molecule has 0 aliphatic carbocycles. The minimum Gasteiger partial charge on any atom is -0.497 e. The van der Waals surface area contributed by atoms with Crippen LogP contribution in [0.2, 0.25) is 0 Å². The Balaban J connectivity index is 1.77. The first-order valence-corrected chi connectivity index (χ1v) is 7.73. The van der Waals surface area contributed by atoms with Crippen molar-refractivity contribution in [1.29, 1.82) is 0 Å². The number of rotatable bonds is 9. The van der Waals surface area contributed by atoms with Gasteiger partial charge in [-0.25, -0.2) is 4.99 Å². The third-order valence-corrected chi connectivity index (χ3v) is 3.76. The average Bonchev–Trinajstić information content (AvgIpc) is 2.58. The third-order valence-electron chi connectivity index (χ3n) is 3.76. The molecule has 0 unspecified atom stereocenters. The summed E-state index contributed by atoms with van der Waals surface area (Å²) in [7, 11) is 3.28. The molecular formula is C17H25NO5. The molecule has 1 saturated heterocycles. The lowest BCUT2D eigenvalue weighted by Crippen LogP contribution is -2.50. The second-order valence-corrected chi connectivity index (χ2v) is 5.41. The molecule has 0 saturated carbocycles. The number of hydrogen-bond donors (Lipinski definition) is 0. The van der Waals surface area contributed by atoms with Gasteiger partial charge in [0.1, 0.15) is 18.6 Å². The summed E-state index contributed by atoms with van der Waals surface area (Å²) in [5.41, 5.74) is 0.850. The van der Waals surface area contributed by atoms with Crippen molar-refractivity contribution < 1.29 is 23.7 Å². The van der Waals surface area contributed by atoms with Crippen molar-refractivity contribution in [3.63, 3.8) is 0 Å². The quantitative estimate of drug-likeness (QED) is 0.516. The third kappa shape index (κ3) is 4.92. The largest absolute Gasteiger partial charge is 0.497 e. The molecule has 1 aromatic carbocycles. The number of ether oxygens (including phenoxy) is 5. The van der Waals surface area contributed by atoms with Crippen LogP contribution in [0.5, 0.6) is 5.75 Å². The fourth-order valence-electron chi connectivity index (χ4n) is 2.28. The second-order valence-electron chi connectivity index (χ2n) is 5.41. The van der Waals surface area contributed by atoms with Crippen LogP contribution >= 0.6 is 0 Å². The van der Waals surface area contributed by atoms with E-state index in [0.717, 1.165) is 17.3 Å². The molecule has 1 aliphatic rings. The summed E-state index contributed by atoms with van der Waals surface area (Å²) < 4.78 is 26.7. The van der Waals surface area contributed by atoms with E-state index in [0.29, 0.717) is 13.2 Å². The minimum atomic E-state index is -0.0534. The van der Waals surface area contributed by atoms with Crippen LogP contribution in [0.4, 0.5) is 5.69 Å². The molecule has 0 N–H and O–H groups in total. The topological polar surface area (TPSA) is 58.5 Å². The van der Waals surface area contributed by atoms with E-state index < -0.39 is 0 Å². The maximum Gasteiger partial charge on any atom is 0.195 e. The summed E-state index contributed by atoms with van der Waals surface area (Å²) in [4.78, 5) is 4.51. The normalized spacial score (nSPS) is 23.2. The van der Waals surface area contributed by atoms with Crippen LogP contribution in [0.3, 0.4) is 0 Å². The van der Waals surface area contributed by atoms with Crippen molar-refractivity contribution >= 4 is 11.6 Å². The monoisotopic (exact) mass is 323 g/mol. The molecule has 1 fully saturated rings. The van der Waals surface area contributed by atoms with Gasteiger partial charge >= 0.3 is 0 Å². The van der Waals surface area contributed by atoms with Gasteiger partial charge in [0.2, 0.25) is 0 Å². The second kappa shape index (κ2) is 8.86. The fraction of sp³-hybridized carbons (Fsp3) is 0.588. The van der Waals surface area contributed by atoms with Gasteiger partial charge in [0, 0.05) is 7.11 Å². The molecule has 0 amide bonds. The van der Waals surface area contributed by atoms with Crippen molar-refractivity contribution in [2.75, 3.05) is 34.2 Å². The molecular weight excluding hydrogens is 298 g/mol. The lowest BCUT2D eigenvalue weighted by molar-refractivity contribution is -0.139. The highest BCUT2D eigenvalue weighted by molar-refractivity contribution is 5.86. The van der Waals surface area contributed by atoms with E-state index in [4.69, 9.17) is 23.7 Å². The van der Waals surface area contributed by atoms with E-state index in [2.05, 4.69) is 11.9 Å². The highest BCUT2D eigenvalue weighted by atomic mass is 16.7. The molecule has 0 aromatic heterocycles. The predicted molar refractivity (Wildman–Crippen MR) is 87.4 cm³/mol. The molecule has 6 nitrogen and oxygen atoms in total. The Morgan fingerprint density at radius 3 is 2.52 bits per heavy atom. The molecule has 0 radical (unpaired) electrons. The first-order chi connectivity index (χ1) is 11.2. The molecule has 2 rings (SSSR count). The Morgan fingerprint density at radius 1 is 1.17 bits per heavy atom. The van der Waals surface area contributed by atoms with Gasteiger partial charge < -0.3 is 23.7 Å². The number of methoxy groups -OCH3 is 2. The Hall–Kier alpha value is -1.63. The van der Waals surface area contributed by atoms with Crippen molar-refractivity contribution in [3.05, 3.63) is 24.3 Å². The molecule has 1 heterocycles. The van der Waals surface area contributed by atoms with Gasteiger partial charge in [-0.3, -0.25) is 0 Å². The smallest absolute Gasteiger partial charge is 0.195 e. The van der Waals surface area contributed by atoms with Crippen LogP contribution in [-0.2, 0) is 18.9 Å². The lowest BCUT2D eigenvalue weighted by atomic mass is 9.94. The molecule has 1 aromatic rings. The van der Waals surface area contributed by atoms with Crippen LogP contribution in [-0.4, -0.2) is 52.3 Å². The standard InChI is InChI=1S/C17H25NO5/c1-12-16(13(2)22-11-21-10-9-19-3)23-17(12)18-14-5-7-15(20-4)8-6-14/h5-8,12-13,16H,9-11H2,1-4H3/t12-,13-,16-/m0/s1. The fourth-order valence-corrected chi connectivity index (χ4v) is 2.28. The highest BCUT2D eigenvalue weighted by Gasteiger charge is 2.40. The van der Waals surface area contributed by atoms with E-state index in [1.165, 1.54) is 0 Å². The summed E-state index contributed by atoms with van der Waals surface area (Å²) in [6.45, 7) is 5.39. The molecule has 3 atom stereocenters. The summed E-state index contributed by atoms with van der Waals surface area (Å²) in [5, 5.41) is 0. The van der Waals surface area contributed by atoms with E-state index in [1.807, 2.05) is 31.2 Å². The first kappa shape index (κ1) is 17.7. The summed E-state index contributed by atoms with van der Waals surface area (Å²) >= 11 is 0. The Morgan fingerprint density at radius 2 is 1.91 bits per heavy atom. The van der Waals surface area contributed by atoms with Gasteiger partial charge in [0.05, 0.1) is 38.0 Å². The van der Waals surface area contributed by atoms with Gasteiger partial charge in [-0.15, -0.1) is 0 Å². The molecule has 128 valence electrons. The van der Waals surface area contributed by atoms with E-state index in [9.17, 15) is 0 Å². The van der Waals surface area contributed by atoms with E-state index >= 15 is 0 Å². The van der Waals surface area contributed by atoms with Crippen molar-refractivity contribution in [1.82, 2.24) is 0 Å². The number of benzene rings is 1. The first-order valence-electron chi connectivity index (χ1n) is 7.73. The zero-order chi connectivity index (χ0) is 16.7. The van der Waals surface area contributed by atoms with Crippen molar-refractivity contribution in [3.8, 4) is 5.75 Å². The lowest BCUT2D eigenvalue weighted by Gasteiger charge is -2.39. The Bertz CT molecular complexity index is 502. The SMILES string of the molecule is COCCOCO[C@@H](C)[C@H]1OC(=Nc2ccc(OC)cc2)[C@H]1C. The van der Waals surface area contributed by atoms with Gasteiger partial charge in [0.15, 0.2) is 5.90 Å². The van der Waals surface area contributed by atoms with Crippen LogP contribution in [0, 0.1) is 5.92 Å². The Labute approximate surface area is 137 Å². The molecule has 0 spiro atoms. The zero-order valence-electron chi connectivity index (χ0n) is 14.2. The van der Waals surface area contributed by atoms with Gasteiger partial charge in [-0.05, 0) is 31.2 Å². The molecule has 0 bridgehead atoms. The average molecular weight is 323 g/mol. The molecule has 1 aliphatic heterocycles. The predicted octanol–water partition coefficient (Wildman–Crippen LogP) is 2.79. The number of hydrogen-bond acceptors (Lipinski definition) is 6. The highest BCUT2D eigenvalue weighted by Crippen LogP contribution is 2.30. The Kier molecular flexibility index (Phi) is 6.83. The van der Waals surface area contributed by atoms with Crippen molar-refractivity contribution in [2.24, 2.45) is 10.9 Å². The van der Waals surface area contributed by atoms with Crippen LogP contribution in [0.1, 0.15) is 13.8 Å². The molecule has 6 heteroatoms. The summed E-state index contributed by atoms with van der Waals surface area (Å²) in [5.74, 6) is 1.76. The summed E-state index contributed by atoms with van der Waals surface area (Å²) in [6.07, 6.45) is -0.0552. The van der Waals surface area contributed by atoms with Crippen molar-refractivity contribution in [2.45, 2.75) is 26.1 Å².